The predicted molar refractivity (Wildman–Crippen MR) is 80.2 cm³/mol. The highest BCUT2D eigenvalue weighted by atomic mass is 16.4. The number of carbonyl (C=O) groups is 2. The number of urea groups is 1. The third-order valence-corrected chi connectivity index (χ3v) is 3.21. The highest BCUT2D eigenvalue weighted by Crippen LogP contribution is 2.21. The molecule has 0 bridgehead atoms. The molecule has 1 atom stereocenters. The number of carboxylic acids is 1. The summed E-state index contributed by atoms with van der Waals surface area (Å²) in [5.74, 6) is -1.34. The molecule has 2 aromatic rings. The third-order valence-electron chi connectivity index (χ3n) is 3.21. The average molecular weight is 287 g/mol. The fraction of sp³-hybridized carbons (Fsp3) is 0.267. The summed E-state index contributed by atoms with van der Waals surface area (Å²) >= 11 is 0. The van der Waals surface area contributed by atoms with Gasteiger partial charge in [0.25, 0.3) is 0 Å². The topological polar surface area (TPSA) is 91.3 Å². The maximum atomic E-state index is 11.8. The number of nitrogens with one attached hydrogen (secondary N) is 2. The normalized spacial score (nSPS) is 11.9. The predicted octanol–water partition coefficient (Wildman–Crippen LogP) is 2.47. The molecular weight excluding hydrogens is 270 g/mol. The zero-order chi connectivity index (χ0) is 15.2. The molecule has 0 saturated heterocycles. The lowest BCUT2D eigenvalue weighted by molar-refractivity contribution is -0.141. The summed E-state index contributed by atoms with van der Waals surface area (Å²) in [5, 5.41) is 16.0. The van der Waals surface area contributed by atoms with Crippen LogP contribution in [-0.2, 0) is 4.79 Å². The highest BCUT2D eigenvalue weighted by Gasteiger charge is 2.11. The van der Waals surface area contributed by atoms with E-state index in [9.17, 15) is 9.59 Å². The summed E-state index contributed by atoms with van der Waals surface area (Å²) in [4.78, 5) is 26.5. The Hall–Kier alpha value is -2.63. The van der Waals surface area contributed by atoms with Gasteiger partial charge in [0.1, 0.15) is 0 Å². The zero-order valence-corrected chi connectivity index (χ0v) is 11.7. The van der Waals surface area contributed by atoms with Crippen molar-refractivity contribution < 1.29 is 14.7 Å². The number of carboxylic acid groups (broad SMARTS) is 1. The molecule has 1 unspecified atom stereocenters. The first-order valence-electron chi connectivity index (χ1n) is 6.68. The van der Waals surface area contributed by atoms with Crippen molar-refractivity contribution >= 4 is 28.5 Å². The number of nitrogens with zero attached hydrogens (tertiary/aromatic N) is 1. The molecule has 0 fully saturated rings. The Balaban J connectivity index is 1.94. The monoisotopic (exact) mass is 287 g/mol. The van der Waals surface area contributed by atoms with Crippen molar-refractivity contribution in [2.24, 2.45) is 5.92 Å². The van der Waals surface area contributed by atoms with Crippen molar-refractivity contribution in [3.63, 3.8) is 0 Å². The first-order valence-corrected chi connectivity index (χ1v) is 6.68. The van der Waals surface area contributed by atoms with E-state index in [2.05, 4.69) is 15.6 Å². The van der Waals surface area contributed by atoms with Crippen molar-refractivity contribution in [2.75, 3.05) is 11.9 Å². The van der Waals surface area contributed by atoms with Crippen LogP contribution in [0.5, 0.6) is 0 Å². The fourth-order valence-corrected chi connectivity index (χ4v) is 1.92. The molecule has 1 aromatic carbocycles. The van der Waals surface area contributed by atoms with Gasteiger partial charge in [-0.1, -0.05) is 19.1 Å². The van der Waals surface area contributed by atoms with Crippen LogP contribution in [0.3, 0.4) is 0 Å². The highest BCUT2D eigenvalue weighted by molar-refractivity contribution is 6.01. The van der Waals surface area contributed by atoms with Crippen molar-refractivity contribution in [2.45, 2.75) is 13.3 Å². The molecule has 2 rings (SSSR count). The Morgan fingerprint density at radius 3 is 2.90 bits per heavy atom. The number of hydrogen-bond acceptors (Lipinski definition) is 3. The molecule has 3 N–H and O–H groups in total. The number of pyridine rings is 1. The molecule has 1 aromatic heterocycles. The van der Waals surface area contributed by atoms with E-state index in [0.717, 1.165) is 10.8 Å². The first-order chi connectivity index (χ1) is 10.1. The molecule has 0 radical (unpaired) electrons. The molecule has 6 heteroatoms. The number of anilines is 1. The van der Waals surface area contributed by atoms with E-state index in [4.69, 9.17) is 5.11 Å². The third kappa shape index (κ3) is 3.92. The standard InChI is InChI=1S/C15H17N3O3/c1-10(14(19)20)5-8-17-15(21)18-13-4-2-3-11-9-16-7-6-12(11)13/h2-4,6-7,9-10H,5,8H2,1H3,(H,19,20)(H2,17,18,21). The van der Waals surface area contributed by atoms with Crippen LogP contribution in [0.25, 0.3) is 10.8 Å². The maximum Gasteiger partial charge on any atom is 0.319 e. The fourth-order valence-electron chi connectivity index (χ4n) is 1.92. The maximum absolute atomic E-state index is 11.8. The molecule has 2 amide bonds. The quantitative estimate of drug-likeness (QED) is 0.787. The number of aliphatic carboxylic acids is 1. The van der Waals surface area contributed by atoms with Crippen LogP contribution in [-0.4, -0.2) is 28.6 Å². The molecule has 0 saturated carbocycles. The van der Waals surface area contributed by atoms with Gasteiger partial charge in [0.15, 0.2) is 0 Å². The lowest BCUT2D eigenvalue weighted by Gasteiger charge is -2.11. The second-order valence-electron chi connectivity index (χ2n) is 4.81. The van der Waals surface area contributed by atoms with E-state index in [-0.39, 0.29) is 6.03 Å². The van der Waals surface area contributed by atoms with Gasteiger partial charge in [-0.15, -0.1) is 0 Å². The summed E-state index contributed by atoms with van der Waals surface area (Å²) in [5.41, 5.74) is 0.693. The van der Waals surface area contributed by atoms with Crippen LogP contribution in [0.15, 0.2) is 36.7 Å². The smallest absolute Gasteiger partial charge is 0.319 e. The molecular formula is C15H17N3O3. The van der Waals surface area contributed by atoms with Crippen molar-refractivity contribution in [1.29, 1.82) is 0 Å². The van der Waals surface area contributed by atoms with Crippen molar-refractivity contribution in [3.8, 4) is 0 Å². The van der Waals surface area contributed by atoms with E-state index < -0.39 is 11.9 Å². The Bertz CT molecular complexity index is 652. The Labute approximate surface area is 122 Å². The average Bonchev–Trinajstić information content (AvgIpc) is 2.47. The number of amides is 2. The van der Waals surface area contributed by atoms with E-state index in [1.165, 1.54) is 0 Å². The van der Waals surface area contributed by atoms with E-state index in [1.54, 1.807) is 19.3 Å². The Morgan fingerprint density at radius 1 is 1.33 bits per heavy atom. The molecule has 0 aliphatic carbocycles. The number of rotatable bonds is 5. The van der Waals surface area contributed by atoms with Crippen LogP contribution in [0, 0.1) is 5.92 Å². The second kappa shape index (κ2) is 6.69. The van der Waals surface area contributed by atoms with Crippen LogP contribution >= 0.6 is 0 Å². The van der Waals surface area contributed by atoms with Gasteiger partial charge in [-0.05, 0) is 18.6 Å². The van der Waals surface area contributed by atoms with Gasteiger partial charge in [0.2, 0.25) is 0 Å². The van der Waals surface area contributed by atoms with Gasteiger partial charge in [0, 0.05) is 29.7 Å². The number of benzene rings is 1. The number of hydrogen-bond donors (Lipinski definition) is 3. The van der Waals surface area contributed by atoms with E-state index in [1.807, 2.05) is 24.3 Å². The minimum Gasteiger partial charge on any atom is -0.481 e. The summed E-state index contributed by atoms with van der Waals surface area (Å²) in [7, 11) is 0. The number of fused-ring (bicyclic) bond motifs is 1. The van der Waals surface area contributed by atoms with Gasteiger partial charge in [-0.3, -0.25) is 9.78 Å². The Morgan fingerprint density at radius 2 is 2.14 bits per heavy atom. The molecule has 0 aliphatic heterocycles. The van der Waals surface area contributed by atoms with Crippen LogP contribution in [0.4, 0.5) is 10.5 Å². The van der Waals surface area contributed by atoms with Gasteiger partial charge in [-0.2, -0.15) is 0 Å². The van der Waals surface area contributed by atoms with Gasteiger partial charge >= 0.3 is 12.0 Å². The summed E-state index contributed by atoms with van der Waals surface area (Å²) < 4.78 is 0. The molecule has 1 heterocycles. The van der Waals surface area contributed by atoms with Crippen LogP contribution in [0.2, 0.25) is 0 Å². The number of aromatic nitrogens is 1. The van der Waals surface area contributed by atoms with Gasteiger partial charge in [0.05, 0.1) is 11.6 Å². The molecule has 0 aliphatic rings. The second-order valence-corrected chi connectivity index (χ2v) is 4.81. The van der Waals surface area contributed by atoms with E-state index in [0.29, 0.717) is 18.7 Å². The van der Waals surface area contributed by atoms with Crippen LogP contribution in [0.1, 0.15) is 13.3 Å². The summed E-state index contributed by atoms with van der Waals surface area (Å²) in [6, 6.07) is 7.04. The largest absolute Gasteiger partial charge is 0.481 e. The number of carbonyl (C=O) groups excluding carboxylic acids is 1. The van der Waals surface area contributed by atoms with Crippen LogP contribution < -0.4 is 10.6 Å². The summed E-state index contributed by atoms with van der Waals surface area (Å²) in [6.45, 7) is 1.92. The zero-order valence-electron chi connectivity index (χ0n) is 11.7. The minimum atomic E-state index is -0.862. The van der Waals surface area contributed by atoms with Crippen molar-refractivity contribution in [3.05, 3.63) is 36.7 Å². The molecule has 21 heavy (non-hydrogen) atoms. The summed E-state index contributed by atoms with van der Waals surface area (Å²) in [6.07, 6.45) is 3.79. The SMILES string of the molecule is CC(CCNC(=O)Nc1cccc2cnccc12)C(=O)O. The van der Waals surface area contributed by atoms with Gasteiger partial charge in [-0.25, -0.2) is 4.79 Å². The molecule has 110 valence electrons. The first kappa shape index (κ1) is 14.8. The lowest BCUT2D eigenvalue weighted by Crippen LogP contribution is -2.31. The molecule has 6 nitrogen and oxygen atoms in total. The minimum absolute atomic E-state index is 0.311. The Kier molecular flexibility index (Phi) is 4.71. The van der Waals surface area contributed by atoms with Crippen molar-refractivity contribution in [1.82, 2.24) is 10.3 Å². The van der Waals surface area contributed by atoms with Gasteiger partial charge < -0.3 is 15.7 Å². The molecule has 0 spiro atoms. The van der Waals surface area contributed by atoms with E-state index >= 15 is 0 Å². The lowest BCUT2D eigenvalue weighted by atomic mass is 10.1.